The third-order valence-electron chi connectivity index (χ3n) is 8.02. The van der Waals surface area contributed by atoms with E-state index in [1.165, 1.54) is 21.6 Å². The van der Waals surface area contributed by atoms with Crippen molar-refractivity contribution in [2.45, 2.75) is 52.0 Å². The Balaban J connectivity index is 1.14. The van der Waals surface area contributed by atoms with Crippen LogP contribution in [-0.2, 0) is 13.0 Å². The van der Waals surface area contributed by atoms with Crippen molar-refractivity contribution in [1.82, 2.24) is 9.97 Å². The number of quaternary nitrogens is 1. The maximum Gasteiger partial charge on any atom is 0.231 e. The third kappa shape index (κ3) is 4.80. The predicted octanol–water partition coefficient (Wildman–Crippen LogP) is 3.45. The molecule has 3 aliphatic rings. The Labute approximate surface area is 218 Å². The molecule has 0 unspecified atom stereocenters. The largest absolute Gasteiger partial charge is 0.454 e. The van der Waals surface area contributed by atoms with Crippen LogP contribution in [0.25, 0.3) is 0 Å². The lowest BCUT2D eigenvalue weighted by Gasteiger charge is -2.33. The number of nitrogens with one attached hydrogen (secondary N) is 1. The van der Waals surface area contributed by atoms with Gasteiger partial charge in [-0.3, -0.25) is 4.79 Å². The van der Waals surface area contributed by atoms with E-state index in [2.05, 4.69) is 55.1 Å². The second-order valence-corrected chi connectivity index (χ2v) is 10.9. The Kier molecular flexibility index (Phi) is 6.32. The van der Waals surface area contributed by atoms with Crippen LogP contribution in [0.1, 0.15) is 70.5 Å². The minimum absolute atomic E-state index is 0.168. The number of piperazine rings is 1. The Morgan fingerprint density at radius 3 is 2.51 bits per heavy atom. The molecule has 2 aliphatic heterocycles. The molecule has 1 N–H and O–H groups in total. The highest BCUT2D eigenvalue weighted by Crippen LogP contribution is 2.35. The van der Waals surface area contributed by atoms with E-state index in [1.807, 2.05) is 13.0 Å². The van der Waals surface area contributed by atoms with Crippen molar-refractivity contribution in [1.29, 1.82) is 0 Å². The maximum atomic E-state index is 13.1. The quantitative estimate of drug-likeness (QED) is 0.580. The molecule has 37 heavy (non-hydrogen) atoms. The number of aryl methyl sites for hydroxylation is 1. The highest BCUT2D eigenvalue weighted by atomic mass is 16.7. The van der Waals surface area contributed by atoms with Crippen LogP contribution in [0, 0.1) is 6.92 Å². The number of carbonyl (C=O) groups is 1. The maximum absolute atomic E-state index is 13.1. The first-order chi connectivity index (χ1) is 17.9. The van der Waals surface area contributed by atoms with Gasteiger partial charge in [-0.25, -0.2) is 9.97 Å². The van der Waals surface area contributed by atoms with Crippen LogP contribution in [0.5, 0.6) is 11.5 Å². The molecule has 2 aromatic carbocycles. The third-order valence-corrected chi connectivity index (χ3v) is 8.02. The monoisotopic (exact) mass is 499 g/mol. The molecule has 0 bridgehead atoms. The van der Waals surface area contributed by atoms with Crippen molar-refractivity contribution < 1.29 is 19.2 Å². The van der Waals surface area contributed by atoms with Gasteiger partial charge in [0, 0.05) is 12.0 Å². The molecule has 6 rings (SSSR count). The highest BCUT2D eigenvalue weighted by Gasteiger charge is 2.31. The van der Waals surface area contributed by atoms with Gasteiger partial charge in [0.25, 0.3) is 0 Å². The SMILES string of the molecule is Cc1nc(N2CC[NH+](Cc3ccc4c(c3)OCO4)CC2)nc2c1C(=O)C[C@@H](c1ccc(C(C)C)cc1)C2. The number of anilines is 1. The number of hydrogen-bond donors (Lipinski definition) is 1. The number of nitrogens with zero attached hydrogens (tertiary/aromatic N) is 3. The molecule has 1 saturated heterocycles. The van der Waals surface area contributed by atoms with Gasteiger partial charge < -0.3 is 19.3 Å². The van der Waals surface area contributed by atoms with E-state index in [9.17, 15) is 4.79 Å². The summed E-state index contributed by atoms with van der Waals surface area (Å²) in [6.45, 7) is 11.4. The van der Waals surface area contributed by atoms with Crippen molar-refractivity contribution in [2.24, 2.45) is 0 Å². The summed E-state index contributed by atoms with van der Waals surface area (Å²) in [6, 6.07) is 15.0. The normalized spacial score (nSPS) is 19.4. The standard InChI is InChI=1S/C30H34N4O3/c1-19(2)22-5-7-23(8-6-22)24-15-25-29(26(35)16-24)20(3)31-30(32-25)34-12-10-33(11-13-34)17-21-4-9-27-28(14-21)37-18-36-27/h4-9,14,19,24H,10-13,15-18H2,1-3H3/p+1/t24-/m0/s1. The molecule has 192 valence electrons. The fourth-order valence-electron chi connectivity index (χ4n) is 5.83. The first-order valence-electron chi connectivity index (χ1n) is 13.4. The Morgan fingerprint density at radius 1 is 1.00 bits per heavy atom. The van der Waals surface area contributed by atoms with Gasteiger partial charge in [-0.15, -0.1) is 0 Å². The lowest BCUT2D eigenvalue weighted by molar-refractivity contribution is -0.914. The molecule has 1 fully saturated rings. The van der Waals surface area contributed by atoms with Gasteiger partial charge in [0.1, 0.15) is 6.54 Å². The van der Waals surface area contributed by atoms with Crippen molar-refractivity contribution >= 4 is 11.7 Å². The highest BCUT2D eigenvalue weighted by molar-refractivity contribution is 5.99. The van der Waals surface area contributed by atoms with Gasteiger partial charge in [0.2, 0.25) is 12.7 Å². The van der Waals surface area contributed by atoms with Crippen molar-refractivity contribution in [2.75, 3.05) is 37.9 Å². The number of hydrogen-bond acceptors (Lipinski definition) is 6. The second kappa shape index (κ2) is 9.78. The summed E-state index contributed by atoms with van der Waals surface area (Å²) >= 11 is 0. The van der Waals surface area contributed by atoms with E-state index in [0.29, 0.717) is 19.1 Å². The van der Waals surface area contributed by atoms with Gasteiger partial charge in [0.15, 0.2) is 17.3 Å². The van der Waals surface area contributed by atoms with Gasteiger partial charge in [-0.05, 0) is 54.5 Å². The molecule has 0 amide bonds. The van der Waals surface area contributed by atoms with Crippen molar-refractivity contribution in [3.05, 3.63) is 76.1 Å². The topological polar surface area (TPSA) is 69.0 Å². The van der Waals surface area contributed by atoms with Crippen LogP contribution < -0.4 is 19.3 Å². The van der Waals surface area contributed by atoms with E-state index < -0.39 is 0 Å². The molecule has 0 radical (unpaired) electrons. The Hall–Kier alpha value is -3.45. The van der Waals surface area contributed by atoms with Crippen molar-refractivity contribution in [3.63, 3.8) is 0 Å². The van der Waals surface area contributed by atoms with E-state index in [-0.39, 0.29) is 11.7 Å². The molecule has 0 saturated carbocycles. The predicted molar refractivity (Wildman–Crippen MR) is 142 cm³/mol. The van der Waals surface area contributed by atoms with Crippen molar-refractivity contribution in [3.8, 4) is 11.5 Å². The van der Waals surface area contributed by atoms with Crippen LogP contribution >= 0.6 is 0 Å². The van der Waals surface area contributed by atoms with Gasteiger partial charge in [-0.1, -0.05) is 38.1 Å². The minimum Gasteiger partial charge on any atom is -0.454 e. The molecule has 0 spiro atoms. The average molecular weight is 500 g/mol. The number of rotatable bonds is 5. The molecule has 1 aliphatic carbocycles. The molecule has 1 atom stereocenters. The molecule has 3 aromatic rings. The van der Waals surface area contributed by atoms with E-state index in [1.54, 1.807) is 0 Å². The first-order valence-corrected chi connectivity index (χ1v) is 13.4. The molecule has 7 nitrogen and oxygen atoms in total. The summed E-state index contributed by atoms with van der Waals surface area (Å²) in [4.78, 5) is 26.7. The summed E-state index contributed by atoms with van der Waals surface area (Å²) in [5.74, 6) is 3.28. The Morgan fingerprint density at radius 2 is 1.76 bits per heavy atom. The number of aromatic nitrogens is 2. The van der Waals surface area contributed by atoms with Crippen LogP contribution in [0.3, 0.4) is 0 Å². The van der Waals surface area contributed by atoms with Crippen LogP contribution in [0.15, 0.2) is 42.5 Å². The number of benzene rings is 2. The summed E-state index contributed by atoms with van der Waals surface area (Å²) < 4.78 is 11.0. The molecule has 3 heterocycles. The summed E-state index contributed by atoms with van der Waals surface area (Å²) in [5, 5.41) is 0. The number of fused-ring (bicyclic) bond motifs is 2. The number of ketones is 1. The fraction of sp³-hybridized carbons (Fsp3) is 0.433. The average Bonchev–Trinajstić information content (AvgIpc) is 3.37. The Bertz CT molecular complexity index is 1310. The first kappa shape index (κ1) is 23.9. The lowest BCUT2D eigenvalue weighted by Crippen LogP contribution is -3.13. The van der Waals surface area contributed by atoms with Gasteiger partial charge in [0.05, 0.1) is 43.1 Å². The van der Waals surface area contributed by atoms with E-state index in [0.717, 1.165) is 73.5 Å². The van der Waals surface area contributed by atoms with Crippen LogP contribution in [0.4, 0.5) is 5.95 Å². The number of ether oxygens (including phenoxy) is 2. The molecular formula is C30H35N4O3+. The summed E-state index contributed by atoms with van der Waals surface area (Å²) in [7, 11) is 0. The number of Topliss-reactive ketones (excluding diaryl/α,β-unsaturated/α-hetero) is 1. The zero-order chi connectivity index (χ0) is 25.5. The zero-order valence-corrected chi connectivity index (χ0v) is 21.9. The van der Waals surface area contributed by atoms with Crippen LogP contribution in [-0.4, -0.2) is 48.7 Å². The van der Waals surface area contributed by atoms with E-state index >= 15 is 0 Å². The minimum atomic E-state index is 0.168. The number of carbonyl (C=O) groups excluding carboxylic acids is 1. The summed E-state index contributed by atoms with van der Waals surface area (Å²) in [6.07, 6.45) is 1.31. The second-order valence-electron chi connectivity index (χ2n) is 10.9. The zero-order valence-electron chi connectivity index (χ0n) is 21.9. The molecule has 7 heteroatoms. The lowest BCUT2D eigenvalue weighted by atomic mass is 9.81. The van der Waals surface area contributed by atoms with Crippen LogP contribution in [0.2, 0.25) is 0 Å². The fourth-order valence-corrected chi connectivity index (χ4v) is 5.83. The molecular weight excluding hydrogens is 464 g/mol. The van der Waals surface area contributed by atoms with E-state index in [4.69, 9.17) is 19.4 Å². The molecule has 1 aromatic heterocycles. The smallest absolute Gasteiger partial charge is 0.231 e. The van der Waals surface area contributed by atoms with Gasteiger partial charge >= 0.3 is 0 Å². The summed E-state index contributed by atoms with van der Waals surface area (Å²) in [5.41, 5.74) is 6.28. The van der Waals surface area contributed by atoms with Gasteiger partial charge in [-0.2, -0.15) is 0 Å².